The second kappa shape index (κ2) is 7.25. The second-order valence-electron chi connectivity index (χ2n) is 9.71. The Morgan fingerprint density at radius 1 is 1.28 bits per heavy atom. The van der Waals surface area contributed by atoms with E-state index in [2.05, 4.69) is 21.3 Å². The van der Waals surface area contributed by atoms with Crippen molar-refractivity contribution >= 4 is 6.34 Å². The summed E-state index contributed by atoms with van der Waals surface area (Å²) in [4.78, 5) is 6.68. The molecule has 1 aliphatic heterocycles. The maximum atomic E-state index is 12.4. The molecule has 158 valence electrons. The van der Waals surface area contributed by atoms with Crippen LogP contribution in [0.3, 0.4) is 0 Å². The lowest BCUT2D eigenvalue weighted by atomic mass is 9.49. The minimum atomic E-state index is -0.756. The van der Waals surface area contributed by atoms with Gasteiger partial charge in [0.05, 0.1) is 18.5 Å². The van der Waals surface area contributed by atoms with Crippen molar-refractivity contribution in [3.05, 3.63) is 29.3 Å². The van der Waals surface area contributed by atoms with Crippen LogP contribution in [-0.2, 0) is 11.8 Å². The Morgan fingerprint density at radius 3 is 2.93 bits per heavy atom. The number of nitrogens with two attached hydrogens (primary N) is 1. The first-order valence-corrected chi connectivity index (χ1v) is 11.3. The van der Waals surface area contributed by atoms with Gasteiger partial charge in [-0.2, -0.15) is 0 Å². The van der Waals surface area contributed by atoms with Crippen molar-refractivity contribution in [3.63, 3.8) is 0 Å². The zero-order chi connectivity index (χ0) is 20.1. The van der Waals surface area contributed by atoms with Crippen molar-refractivity contribution in [2.75, 3.05) is 26.2 Å². The van der Waals surface area contributed by atoms with Crippen LogP contribution < -0.4 is 11.1 Å². The number of fused-ring (bicyclic) bond motifs is 1. The van der Waals surface area contributed by atoms with Gasteiger partial charge in [-0.05, 0) is 80.7 Å². The SMILES string of the molecule is NC=NCCNC1CCC23CCN(CC4CC4)C(Cc4ccc(O)cc42)C3(O)C1. The quantitative estimate of drug-likeness (QED) is 0.331. The first-order valence-electron chi connectivity index (χ1n) is 11.3. The normalized spacial score (nSPS) is 36.7. The van der Waals surface area contributed by atoms with Crippen LogP contribution in [0.4, 0.5) is 0 Å². The van der Waals surface area contributed by atoms with Gasteiger partial charge in [0.1, 0.15) is 5.75 Å². The van der Waals surface area contributed by atoms with Crippen LogP contribution in [0.25, 0.3) is 0 Å². The minimum Gasteiger partial charge on any atom is -0.508 e. The number of hydrogen-bond donors (Lipinski definition) is 4. The third-order valence-electron chi connectivity index (χ3n) is 8.11. The van der Waals surface area contributed by atoms with Crippen LogP contribution in [0.15, 0.2) is 23.2 Å². The molecule has 5 N–H and O–H groups in total. The topological polar surface area (TPSA) is 94.1 Å². The molecular weight excluding hydrogens is 364 g/mol. The molecule has 5 rings (SSSR count). The highest BCUT2D eigenvalue weighted by molar-refractivity contribution is 5.51. The molecule has 3 aliphatic carbocycles. The summed E-state index contributed by atoms with van der Waals surface area (Å²) in [5.74, 6) is 1.14. The van der Waals surface area contributed by atoms with E-state index in [0.717, 1.165) is 57.7 Å². The number of aliphatic imine (C=N–C) groups is 1. The number of benzene rings is 1. The van der Waals surface area contributed by atoms with Gasteiger partial charge in [-0.3, -0.25) is 9.89 Å². The van der Waals surface area contributed by atoms with Crippen LogP contribution in [0.5, 0.6) is 5.75 Å². The average molecular weight is 399 g/mol. The molecule has 6 nitrogen and oxygen atoms in total. The second-order valence-corrected chi connectivity index (χ2v) is 9.71. The van der Waals surface area contributed by atoms with E-state index in [1.165, 1.54) is 30.3 Å². The van der Waals surface area contributed by atoms with Crippen molar-refractivity contribution in [2.45, 2.75) is 68.0 Å². The highest BCUT2D eigenvalue weighted by Gasteiger charge is 2.64. The molecule has 0 aromatic heterocycles. The largest absolute Gasteiger partial charge is 0.508 e. The van der Waals surface area contributed by atoms with Gasteiger partial charge in [-0.15, -0.1) is 0 Å². The number of rotatable bonds is 6. The van der Waals surface area contributed by atoms with Gasteiger partial charge in [0.15, 0.2) is 0 Å². The summed E-state index contributed by atoms with van der Waals surface area (Å²) in [6.07, 6.45) is 8.66. The Labute approximate surface area is 173 Å². The summed E-state index contributed by atoms with van der Waals surface area (Å²) < 4.78 is 0. The molecule has 4 aliphatic rings. The molecule has 3 fully saturated rings. The zero-order valence-electron chi connectivity index (χ0n) is 17.2. The smallest absolute Gasteiger partial charge is 0.115 e. The van der Waals surface area contributed by atoms with Crippen LogP contribution in [0, 0.1) is 5.92 Å². The fourth-order valence-corrected chi connectivity index (χ4v) is 6.53. The Kier molecular flexibility index (Phi) is 4.84. The molecular formula is C23H34N4O2. The van der Waals surface area contributed by atoms with Crippen molar-refractivity contribution in [1.29, 1.82) is 0 Å². The highest BCUT2D eigenvalue weighted by atomic mass is 16.3. The number of aliphatic hydroxyl groups is 1. The third-order valence-corrected chi connectivity index (χ3v) is 8.11. The summed E-state index contributed by atoms with van der Waals surface area (Å²) in [6.45, 7) is 3.64. The Bertz CT molecular complexity index is 795. The predicted octanol–water partition coefficient (Wildman–Crippen LogP) is 1.53. The van der Waals surface area contributed by atoms with Crippen molar-refractivity contribution in [1.82, 2.24) is 10.2 Å². The predicted molar refractivity (Wildman–Crippen MR) is 114 cm³/mol. The van der Waals surface area contributed by atoms with Crippen molar-refractivity contribution in [3.8, 4) is 5.75 Å². The van der Waals surface area contributed by atoms with E-state index < -0.39 is 5.60 Å². The van der Waals surface area contributed by atoms with E-state index in [1.54, 1.807) is 0 Å². The molecule has 1 saturated heterocycles. The van der Waals surface area contributed by atoms with E-state index in [0.29, 0.717) is 18.3 Å². The van der Waals surface area contributed by atoms with Gasteiger partial charge in [-0.1, -0.05) is 6.07 Å². The van der Waals surface area contributed by atoms with Crippen LogP contribution in [0.1, 0.15) is 49.7 Å². The monoisotopic (exact) mass is 398 g/mol. The lowest BCUT2D eigenvalue weighted by Gasteiger charge is -2.65. The number of phenolic OH excluding ortho intramolecular Hbond substituents is 1. The van der Waals surface area contributed by atoms with Gasteiger partial charge >= 0.3 is 0 Å². The molecule has 4 atom stereocenters. The lowest BCUT2D eigenvalue weighted by Crippen LogP contribution is -2.74. The van der Waals surface area contributed by atoms with E-state index in [1.807, 2.05) is 12.1 Å². The average Bonchev–Trinajstić information content (AvgIpc) is 3.52. The number of nitrogens with one attached hydrogen (secondary N) is 1. The minimum absolute atomic E-state index is 0.167. The number of aromatic hydroxyl groups is 1. The van der Waals surface area contributed by atoms with E-state index in [4.69, 9.17) is 5.73 Å². The highest BCUT2D eigenvalue weighted by Crippen LogP contribution is 2.58. The van der Waals surface area contributed by atoms with Gasteiger partial charge in [0, 0.05) is 30.6 Å². The Morgan fingerprint density at radius 2 is 2.14 bits per heavy atom. The molecule has 4 unspecified atom stereocenters. The summed E-state index contributed by atoms with van der Waals surface area (Å²) in [5, 5.41) is 26.2. The molecule has 6 heteroatoms. The fraction of sp³-hybridized carbons (Fsp3) is 0.696. The maximum Gasteiger partial charge on any atom is 0.115 e. The van der Waals surface area contributed by atoms with Crippen LogP contribution in [0.2, 0.25) is 0 Å². The molecule has 2 bridgehead atoms. The summed E-state index contributed by atoms with van der Waals surface area (Å²) in [7, 11) is 0. The number of nitrogens with zero attached hydrogens (tertiary/aromatic N) is 2. The first-order chi connectivity index (χ1) is 14.1. The van der Waals surface area contributed by atoms with Crippen molar-refractivity contribution < 1.29 is 10.2 Å². The third kappa shape index (κ3) is 3.16. The summed E-state index contributed by atoms with van der Waals surface area (Å²) >= 11 is 0. The van der Waals surface area contributed by atoms with Crippen LogP contribution >= 0.6 is 0 Å². The number of piperidine rings is 1. The number of likely N-dealkylation sites (tertiary alicyclic amines) is 1. The molecule has 1 aromatic carbocycles. The standard InChI is InChI=1S/C23H34N4O2/c24-15-25-8-9-26-18-5-6-22-7-10-27(14-16-1-2-16)21(23(22,29)13-18)11-17-3-4-19(28)12-20(17)22/h3-4,12,15-16,18,21,26,28-29H,1-2,5-11,13-14H2,(H2,24,25). The fourth-order valence-electron chi connectivity index (χ4n) is 6.53. The van der Waals surface area contributed by atoms with Gasteiger partial charge in [-0.25, -0.2) is 0 Å². The van der Waals surface area contributed by atoms with Gasteiger partial charge in [0.2, 0.25) is 0 Å². The lowest BCUT2D eigenvalue weighted by molar-refractivity contribution is -0.171. The Hall–Kier alpha value is -1.63. The maximum absolute atomic E-state index is 12.4. The van der Waals surface area contributed by atoms with Gasteiger partial charge < -0.3 is 21.3 Å². The van der Waals surface area contributed by atoms with Crippen LogP contribution in [-0.4, -0.2) is 65.3 Å². The number of hydrogen-bond acceptors (Lipinski definition) is 5. The molecule has 1 heterocycles. The zero-order valence-corrected chi connectivity index (χ0v) is 17.2. The summed E-state index contributed by atoms with van der Waals surface area (Å²) in [6, 6.07) is 6.31. The van der Waals surface area contributed by atoms with E-state index >= 15 is 0 Å². The molecule has 2 saturated carbocycles. The number of phenols is 1. The summed E-state index contributed by atoms with van der Waals surface area (Å²) in [5.41, 5.74) is 6.88. The first kappa shape index (κ1) is 19.3. The van der Waals surface area contributed by atoms with Crippen molar-refractivity contribution in [2.24, 2.45) is 16.6 Å². The molecule has 0 spiro atoms. The Balaban J connectivity index is 1.47. The molecule has 1 aromatic rings. The molecule has 29 heavy (non-hydrogen) atoms. The van der Waals surface area contributed by atoms with E-state index in [-0.39, 0.29) is 11.5 Å². The van der Waals surface area contributed by atoms with Gasteiger partial charge in [0.25, 0.3) is 0 Å². The molecule has 0 radical (unpaired) electrons. The van der Waals surface area contributed by atoms with E-state index in [9.17, 15) is 10.2 Å². The molecule has 0 amide bonds.